The summed E-state index contributed by atoms with van der Waals surface area (Å²) in [5.74, 6) is 0.190. The van der Waals surface area contributed by atoms with Crippen LogP contribution in [-0.4, -0.2) is 47.7 Å². The smallest absolute Gasteiger partial charge is 0.312 e. The number of rotatable bonds is 5. The summed E-state index contributed by atoms with van der Waals surface area (Å²) in [5.41, 5.74) is -1.30. The van der Waals surface area contributed by atoms with Gasteiger partial charge in [-0.25, -0.2) is 0 Å². The van der Waals surface area contributed by atoms with Crippen molar-refractivity contribution in [1.29, 1.82) is 5.26 Å². The minimum atomic E-state index is -0.712. The van der Waals surface area contributed by atoms with E-state index in [-0.39, 0.29) is 24.9 Å². The number of likely N-dealkylation sites (N-methyl/N-ethyl adjacent to an activating group) is 1. The van der Waals surface area contributed by atoms with Gasteiger partial charge in [-0.2, -0.15) is 5.26 Å². The summed E-state index contributed by atoms with van der Waals surface area (Å²) < 4.78 is 5.31. The molecule has 6 heteroatoms. The van der Waals surface area contributed by atoms with E-state index < -0.39 is 11.0 Å². The Balaban J connectivity index is 1.59. The maximum Gasteiger partial charge on any atom is 0.312 e. The Morgan fingerprint density at radius 2 is 1.96 bits per heavy atom. The van der Waals surface area contributed by atoms with Gasteiger partial charge in [-0.05, 0) is 50.4 Å². The van der Waals surface area contributed by atoms with Gasteiger partial charge in [0.2, 0.25) is 0 Å². The van der Waals surface area contributed by atoms with Crippen LogP contribution < -0.4 is 0 Å². The minimum Gasteiger partial charge on any atom is -0.455 e. The van der Waals surface area contributed by atoms with E-state index in [0.717, 1.165) is 32.1 Å². The Hall–Kier alpha value is -1.61. The zero-order valence-corrected chi connectivity index (χ0v) is 13.6. The Labute approximate surface area is 136 Å². The van der Waals surface area contributed by atoms with Crippen molar-refractivity contribution in [2.24, 2.45) is 17.3 Å². The lowest BCUT2D eigenvalue weighted by molar-refractivity contribution is -0.196. The third-order valence-electron chi connectivity index (χ3n) is 5.77. The molecule has 126 valence electrons. The SMILES string of the molecule is CN(CCC#N)C(=O)COC(=O)C12C[C@@H]3C[C@@H](CC(O)(C3)C1)C2. The predicted octanol–water partition coefficient (Wildman–Crippen LogP) is 1.23. The summed E-state index contributed by atoms with van der Waals surface area (Å²) in [6.07, 6.45) is 5.00. The molecule has 4 fully saturated rings. The molecule has 0 aromatic rings. The molecular weight excluding hydrogens is 296 g/mol. The second-order valence-corrected chi connectivity index (χ2v) is 7.77. The summed E-state index contributed by atoms with van der Waals surface area (Å²) >= 11 is 0. The average molecular weight is 320 g/mol. The minimum absolute atomic E-state index is 0.260. The molecule has 4 aliphatic rings. The molecule has 0 aromatic carbocycles. The van der Waals surface area contributed by atoms with Crippen LogP contribution in [0.1, 0.15) is 44.9 Å². The number of ether oxygens (including phenoxy) is 1. The number of hydrogen-bond acceptors (Lipinski definition) is 5. The van der Waals surface area contributed by atoms with Crippen molar-refractivity contribution in [2.45, 2.75) is 50.5 Å². The molecule has 6 nitrogen and oxygen atoms in total. The number of carbonyl (C=O) groups excluding carboxylic acids is 2. The number of carbonyl (C=O) groups is 2. The summed E-state index contributed by atoms with van der Waals surface area (Å²) in [7, 11) is 1.60. The first kappa shape index (κ1) is 16.3. The van der Waals surface area contributed by atoms with Crippen LogP contribution in [0.15, 0.2) is 0 Å². The highest BCUT2D eigenvalue weighted by Crippen LogP contribution is 2.61. The van der Waals surface area contributed by atoms with E-state index in [1.807, 2.05) is 6.07 Å². The number of nitrogens with zero attached hydrogens (tertiary/aromatic N) is 2. The van der Waals surface area contributed by atoms with Crippen LogP contribution in [0.3, 0.4) is 0 Å². The molecule has 0 spiro atoms. The fourth-order valence-electron chi connectivity index (χ4n) is 5.19. The van der Waals surface area contributed by atoms with Crippen LogP contribution in [-0.2, 0) is 14.3 Å². The highest BCUT2D eigenvalue weighted by atomic mass is 16.5. The van der Waals surface area contributed by atoms with Crippen molar-refractivity contribution in [2.75, 3.05) is 20.2 Å². The summed E-state index contributed by atoms with van der Waals surface area (Å²) in [6.45, 7) is 0.0538. The van der Waals surface area contributed by atoms with E-state index in [1.54, 1.807) is 7.05 Å². The number of amides is 1. The predicted molar refractivity (Wildman–Crippen MR) is 80.9 cm³/mol. The highest BCUT2D eigenvalue weighted by molar-refractivity contribution is 5.83. The van der Waals surface area contributed by atoms with Gasteiger partial charge in [0.25, 0.3) is 5.91 Å². The van der Waals surface area contributed by atoms with Crippen LogP contribution in [0.5, 0.6) is 0 Å². The molecule has 2 unspecified atom stereocenters. The van der Waals surface area contributed by atoms with E-state index >= 15 is 0 Å². The van der Waals surface area contributed by atoms with E-state index in [2.05, 4.69) is 0 Å². The summed E-state index contributed by atoms with van der Waals surface area (Å²) in [6, 6.07) is 1.98. The van der Waals surface area contributed by atoms with Crippen molar-refractivity contribution in [3.05, 3.63) is 0 Å². The van der Waals surface area contributed by atoms with E-state index in [0.29, 0.717) is 24.8 Å². The second kappa shape index (κ2) is 5.79. The van der Waals surface area contributed by atoms with Gasteiger partial charge in [0.05, 0.1) is 23.5 Å². The molecule has 0 saturated heterocycles. The van der Waals surface area contributed by atoms with E-state index in [9.17, 15) is 14.7 Å². The molecule has 4 rings (SSSR count). The first-order chi connectivity index (χ1) is 10.9. The van der Waals surface area contributed by atoms with Gasteiger partial charge in [0.1, 0.15) is 0 Å². The van der Waals surface area contributed by atoms with Crippen molar-refractivity contribution in [1.82, 2.24) is 4.90 Å². The Morgan fingerprint density at radius 3 is 2.52 bits per heavy atom. The fourth-order valence-corrected chi connectivity index (χ4v) is 5.19. The monoisotopic (exact) mass is 320 g/mol. The molecule has 23 heavy (non-hydrogen) atoms. The van der Waals surface area contributed by atoms with Crippen molar-refractivity contribution >= 4 is 11.9 Å². The van der Waals surface area contributed by atoms with Gasteiger partial charge >= 0.3 is 5.97 Å². The van der Waals surface area contributed by atoms with Crippen LogP contribution in [0, 0.1) is 28.6 Å². The molecule has 0 heterocycles. The van der Waals surface area contributed by atoms with E-state index in [1.165, 1.54) is 4.90 Å². The molecule has 1 N–H and O–H groups in total. The lowest BCUT2D eigenvalue weighted by Crippen LogP contribution is -2.58. The quantitative estimate of drug-likeness (QED) is 0.770. The molecule has 4 aliphatic carbocycles. The lowest BCUT2D eigenvalue weighted by Gasteiger charge is -2.58. The van der Waals surface area contributed by atoms with E-state index in [4.69, 9.17) is 10.00 Å². The largest absolute Gasteiger partial charge is 0.455 e. The third kappa shape index (κ3) is 3.07. The number of nitriles is 1. The fraction of sp³-hybridized carbons (Fsp3) is 0.824. The maximum atomic E-state index is 12.6. The molecule has 1 amide bonds. The van der Waals surface area contributed by atoms with Crippen LogP contribution >= 0.6 is 0 Å². The number of aliphatic hydroxyl groups is 1. The number of esters is 1. The first-order valence-corrected chi connectivity index (χ1v) is 8.36. The molecule has 4 saturated carbocycles. The van der Waals surface area contributed by atoms with Crippen molar-refractivity contribution in [3.63, 3.8) is 0 Å². The molecular formula is C17H24N2O4. The Morgan fingerprint density at radius 1 is 1.30 bits per heavy atom. The van der Waals surface area contributed by atoms with Gasteiger partial charge in [-0.1, -0.05) is 0 Å². The van der Waals surface area contributed by atoms with Gasteiger partial charge in [0.15, 0.2) is 6.61 Å². The molecule has 0 aromatic heterocycles. The van der Waals surface area contributed by atoms with Gasteiger partial charge in [0, 0.05) is 13.6 Å². The highest BCUT2D eigenvalue weighted by Gasteiger charge is 2.60. The van der Waals surface area contributed by atoms with Gasteiger partial charge in [-0.15, -0.1) is 0 Å². The van der Waals surface area contributed by atoms with Crippen molar-refractivity contribution in [3.8, 4) is 6.07 Å². The van der Waals surface area contributed by atoms with Gasteiger partial charge in [-0.3, -0.25) is 9.59 Å². The Bertz CT molecular complexity index is 539. The van der Waals surface area contributed by atoms with Gasteiger partial charge < -0.3 is 14.7 Å². The Kier molecular flexibility index (Phi) is 4.09. The number of hydrogen-bond donors (Lipinski definition) is 1. The summed E-state index contributed by atoms with van der Waals surface area (Å²) in [4.78, 5) is 26.0. The first-order valence-electron chi connectivity index (χ1n) is 8.36. The maximum absolute atomic E-state index is 12.6. The molecule has 0 radical (unpaired) electrons. The lowest BCUT2D eigenvalue weighted by atomic mass is 9.48. The molecule has 0 aliphatic heterocycles. The average Bonchev–Trinajstić information content (AvgIpc) is 2.47. The summed E-state index contributed by atoms with van der Waals surface area (Å²) in [5, 5.41) is 19.2. The molecule has 4 bridgehead atoms. The second-order valence-electron chi connectivity index (χ2n) is 7.77. The normalized spacial score (nSPS) is 37.3. The van der Waals surface area contributed by atoms with Crippen molar-refractivity contribution < 1.29 is 19.4 Å². The molecule has 4 atom stereocenters. The zero-order valence-electron chi connectivity index (χ0n) is 13.6. The van der Waals surface area contributed by atoms with Crippen LogP contribution in [0.4, 0.5) is 0 Å². The third-order valence-corrected chi connectivity index (χ3v) is 5.77. The van der Waals surface area contributed by atoms with Crippen LogP contribution in [0.25, 0.3) is 0 Å². The standard InChI is InChI=1S/C17H24N2O4/c1-19(4-2-3-18)14(20)10-23-15(21)16-6-12-5-13(7-16)9-17(22,8-12)11-16/h12-13,22H,2,4-11H2,1H3/t12-,13+,16?,17?. The topological polar surface area (TPSA) is 90.6 Å². The zero-order chi connectivity index (χ0) is 16.7. The van der Waals surface area contributed by atoms with Crippen LogP contribution in [0.2, 0.25) is 0 Å².